The number of amides is 1. The van der Waals surface area contributed by atoms with Gasteiger partial charge in [0.05, 0.1) is 9.83 Å². The summed E-state index contributed by atoms with van der Waals surface area (Å²) in [5, 5.41) is 21.0. The molecule has 0 bridgehead atoms. The lowest BCUT2D eigenvalue weighted by Crippen LogP contribution is -2.45. The highest BCUT2D eigenvalue weighted by atomic mass is 32.2. The Kier molecular flexibility index (Phi) is 6.62. The molecule has 1 aliphatic rings. The summed E-state index contributed by atoms with van der Waals surface area (Å²) < 4.78 is 5.94. The number of thiocarbonyl (C=S) groups is 1. The SMILES string of the molecule is Cc1ccc(-c2ccc(/C=C3\SC(=S)N([C@H](Cc4ccccc4)C(=O)O)C3=O)o2)cc1[N+](=O)[O-]. The van der Waals surface area contributed by atoms with Gasteiger partial charge in [0, 0.05) is 29.7 Å². The van der Waals surface area contributed by atoms with Crippen LogP contribution in [0.15, 0.2) is 70.0 Å². The predicted molar refractivity (Wildman–Crippen MR) is 132 cm³/mol. The van der Waals surface area contributed by atoms with Crippen molar-refractivity contribution >= 4 is 51.9 Å². The van der Waals surface area contributed by atoms with E-state index in [-0.39, 0.29) is 21.3 Å². The molecule has 0 spiro atoms. The molecule has 1 N–H and O–H groups in total. The van der Waals surface area contributed by atoms with Crippen LogP contribution < -0.4 is 0 Å². The summed E-state index contributed by atoms with van der Waals surface area (Å²) in [6.07, 6.45) is 1.61. The Bertz CT molecular complexity index is 1330. The second-order valence-corrected chi connectivity index (χ2v) is 9.23. The number of hydrogen-bond donors (Lipinski definition) is 1. The fourth-order valence-electron chi connectivity index (χ4n) is 3.55. The fraction of sp³-hybridized carbons (Fsp3) is 0.125. The van der Waals surface area contributed by atoms with Crippen LogP contribution in [0.4, 0.5) is 5.69 Å². The van der Waals surface area contributed by atoms with Gasteiger partial charge in [0.15, 0.2) is 0 Å². The molecule has 0 radical (unpaired) electrons. The molecule has 0 saturated carbocycles. The van der Waals surface area contributed by atoms with Gasteiger partial charge in [-0.1, -0.05) is 66.4 Å². The van der Waals surface area contributed by atoms with Crippen LogP contribution in [0.5, 0.6) is 0 Å². The third-order valence-corrected chi connectivity index (χ3v) is 6.61. The highest BCUT2D eigenvalue weighted by Crippen LogP contribution is 2.36. The number of carboxylic acids is 1. The van der Waals surface area contributed by atoms with Gasteiger partial charge in [0.25, 0.3) is 11.6 Å². The number of nitro groups is 1. The average Bonchev–Trinajstić information content (AvgIpc) is 3.37. The van der Waals surface area contributed by atoms with Crippen LogP contribution in [-0.4, -0.2) is 37.2 Å². The van der Waals surface area contributed by atoms with E-state index >= 15 is 0 Å². The van der Waals surface area contributed by atoms with Crippen LogP contribution >= 0.6 is 24.0 Å². The molecule has 1 atom stereocenters. The zero-order valence-electron chi connectivity index (χ0n) is 17.8. The monoisotopic (exact) mass is 494 g/mol. The van der Waals surface area contributed by atoms with E-state index in [1.165, 1.54) is 12.1 Å². The van der Waals surface area contributed by atoms with Crippen molar-refractivity contribution in [2.75, 3.05) is 0 Å². The van der Waals surface area contributed by atoms with Crippen molar-refractivity contribution in [2.24, 2.45) is 0 Å². The third kappa shape index (κ3) is 4.78. The molecular weight excluding hydrogens is 476 g/mol. The van der Waals surface area contributed by atoms with Crippen LogP contribution in [0.25, 0.3) is 17.4 Å². The molecule has 1 aliphatic heterocycles. The van der Waals surface area contributed by atoms with Crippen LogP contribution in [0, 0.1) is 17.0 Å². The van der Waals surface area contributed by atoms with E-state index in [2.05, 4.69) is 0 Å². The number of carbonyl (C=O) groups excluding carboxylic acids is 1. The number of furan rings is 1. The van der Waals surface area contributed by atoms with Crippen molar-refractivity contribution in [3.05, 3.63) is 92.6 Å². The first kappa shape index (κ1) is 23.4. The summed E-state index contributed by atoms with van der Waals surface area (Å²) in [4.78, 5) is 37.1. The second kappa shape index (κ2) is 9.62. The molecule has 8 nitrogen and oxygen atoms in total. The summed E-state index contributed by atoms with van der Waals surface area (Å²) in [6, 6.07) is 15.9. The van der Waals surface area contributed by atoms with Crippen molar-refractivity contribution < 1.29 is 24.0 Å². The van der Waals surface area contributed by atoms with E-state index < -0.39 is 22.8 Å². The molecule has 34 heavy (non-hydrogen) atoms. The third-order valence-electron chi connectivity index (χ3n) is 5.28. The van der Waals surface area contributed by atoms with E-state index in [0.717, 1.165) is 22.2 Å². The lowest BCUT2D eigenvalue weighted by molar-refractivity contribution is -0.385. The lowest BCUT2D eigenvalue weighted by Gasteiger charge is -2.23. The van der Waals surface area contributed by atoms with E-state index in [0.29, 0.717) is 22.6 Å². The molecule has 1 saturated heterocycles. The number of aliphatic carboxylic acids is 1. The molecule has 4 rings (SSSR count). The van der Waals surface area contributed by atoms with Crippen LogP contribution in [0.3, 0.4) is 0 Å². The molecular formula is C24H18N2O6S2. The Morgan fingerprint density at radius 2 is 1.97 bits per heavy atom. The molecule has 0 unspecified atom stereocenters. The predicted octanol–water partition coefficient (Wildman–Crippen LogP) is 5.06. The van der Waals surface area contributed by atoms with Crippen LogP contribution in [0.1, 0.15) is 16.9 Å². The maximum absolute atomic E-state index is 13.1. The topological polar surface area (TPSA) is 114 Å². The quantitative estimate of drug-likeness (QED) is 0.210. The number of aryl methyl sites for hydroxylation is 1. The molecule has 1 aromatic heterocycles. The van der Waals surface area contributed by atoms with Crippen molar-refractivity contribution in [3.8, 4) is 11.3 Å². The first-order chi connectivity index (χ1) is 16.2. The fourth-order valence-corrected chi connectivity index (χ4v) is 4.89. The number of rotatable bonds is 7. The highest BCUT2D eigenvalue weighted by Gasteiger charge is 2.40. The van der Waals surface area contributed by atoms with Gasteiger partial charge < -0.3 is 9.52 Å². The molecule has 1 amide bonds. The smallest absolute Gasteiger partial charge is 0.327 e. The Balaban J connectivity index is 1.58. The van der Waals surface area contributed by atoms with Gasteiger partial charge >= 0.3 is 5.97 Å². The average molecular weight is 495 g/mol. The van der Waals surface area contributed by atoms with E-state index in [4.69, 9.17) is 16.6 Å². The summed E-state index contributed by atoms with van der Waals surface area (Å²) in [7, 11) is 0. The van der Waals surface area contributed by atoms with Crippen molar-refractivity contribution in [2.45, 2.75) is 19.4 Å². The number of thioether (sulfide) groups is 1. The van der Waals surface area contributed by atoms with Gasteiger partial charge in [-0.05, 0) is 24.6 Å². The normalized spacial score (nSPS) is 15.7. The zero-order valence-corrected chi connectivity index (χ0v) is 19.5. The summed E-state index contributed by atoms with van der Waals surface area (Å²) in [6.45, 7) is 1.65. The van der Waals surface area contributed by atoms with Crippen LogP contribution in [0.2, 0.25) is 0 Å². The van der Waals surface area contributed by atoms with Gasteiger partial charge in [0.2, 0.25) is 0 Å². The zero-order chi connectivity index (χ0) is 24.4. The van der Waals surface area contributed by atoms with Crippen molar-refractivity contribution in [1.82, 2.24) is 4.90 Å². The highest BCUT2D eigenvalue weighted by molar-refractivity contribution is 8.26. The van der Waals surface area contributed by atoms with Gasteiger partial charge in [-0.3, -0.25) is 19.8 Å². The number of hydrogen-bond acceptors (Lipinski definition) is 7. The number of benzene rings is 2. The molecule has 0 aliphatic carbocycles. The van der Waals surface area contributed by atoms with Gasteiger partial charge in [-0.25, -0.2) is 4.79 Å². The van der Waals surface area contributed by atoms with Crippen molar-refractivity contribution in [3.63, 3.8) is 0 Å². The van der Waals surface area contributed by atoms with Crippen molar-refractivity contribution in [1.29, 1.82) is 0 Å². The lowest BCUT2D eigenvalue weighted by atomic mass is 10.0. The molecule has 1 fully saturated rings. The number of nitro benzene ring substituents is 1. The van der Waals surface area contributed by atoms with Gasteiger partial charge in [-0.15, -0.1) is 0 Å². The Labute approximate surface area is 204 Å². The Hall–Kier alpha value is -3.76. The molecule has 2 heterocycles. The Morgan fingerprint density at radius 3 is 2.65 bits per heavy atom. The molecule has 172 valence electrons. The van der Waals surface area contributed by atoms with E-state index in [9.17, 15) is 24.8 Å². The molecule has 2 aromatic carbocycles. The summed E-state index contributed by atoms with van der Waals surface area (Å²) >= 11 is 6.33. The van der Waals surface area contributed by atoms with E-state index in [1.54, 1.807) is 55.5 Å². The summed E-state index contributed by atoms with van der Waals surface area (Å²) in [5.41, 5.74) is 1.82. The Morgan fingerprint density at radius 1 is 1.24 bits per heavy atom. The van der Waals surface area contributed by atoms with Gasteiger partial charge in [-0.2, -0.15) is 0 Å². The number of carbonyl (C=O) groups is 2. The maximum Gasteiger partial charge on any atom is 0.327 e. The molecule has 3 aromatic rings. The molecule has 10 heteroatoms. The first-order valence-electron chi connectivity index (χ1n) is 10.1. The maximum atomic E-state index is 13.1. The minimum atomic E-state index is -1.15. The van der Waals surface area contributed by atoms with E-state index in [1.807, 2.05) is 6.07 Å². The number of nitrogens with zero attached hydrogens (tertiary/aromatic N) is 2. The van der Waals surface area contributed by atoms with Gasteiger partial charge in [0.1, 0.15) is 21.9 Å². The summed E-state index contributed by atoms with van der Waals surface area (Å²) in [5.74, 6) is -0.920. The second-order valence-electron chi connectivity index (χ2n) is 7.56. The first-order valence-corrected chi connectivity index (χ1v) is 11.4. The van der Waals surface area contributed by atoms with Crippen LogP contribution in [-0.2, 0) is 16.0 Å². The minimum Gasteiger partial charge on any atom is -0.480 e. The largest absolute Gasteiger partial charge is 0.480 e. The standard InChI is InChI=1S/C24H18N2O6S2/c1-14-7-8-16(12-18(14)26(30)31)20-10-9-17(32-20)13-21-22(27)25(24(33)34-21)19(23(28)29)11-15-5-3-2-4-6-15/h2-10,12-13,19H,11H2,1H3,(H,28,29)/b21-13-/t19-/m1/s1. The minimum absolute atomic E-state index is 0.0190. The number of carboxylic acid groups (broad SMARTS) is 1.